The number of nitrogens with one attached hydrogen (secondary N) is 1. The number of carboxylic acids is 1. The maximum atomic E-state index is 12.6. The summed E-state index contributed by atoms with van der Waals surface area (Å²) in [7, 11) is -2.00. The molecule has 120 valence electrons. The normalized spacial score (nSPS) is 11.2. The van der Waals surface area contributed by atoms with E-state index in [1.54, 1.807) is 0 Å². The van der Waals surface area contributed by atoms with Crippen LogP contribution in [0.1, 0.15) is 16.1 Å². The van der Waals surface area contributed by atoms with Crippen molar-refractivity contribution in [2.45, 2.75) is 6.18 Å². The van der Waals surface area contributed by atoms with Gasteiger partial charge in [-0.05, 0) is 23.7 Å². The SMILES string of the molecule is O=C(O)c1cc(Nc2nccc(C(F)(F)F)n2)ccc1B(O)O. The summed E-state index contributed by atoms with van der Waals surface area (Å²) < 4.78 is 37.7. The zero-order valence-electron chi connectivity index (χ0n) is 11.2. The summed E-state index contributed by atoms with van der Waals surface area (Å²) in [5.41, 5.74) is -1.76. The number of aromatic carboxylic acids is 1. The topological polar surface area (TPSA) is 116 Å². The maximum absolute atomic E-state index is 12.6. The van der Waals surface area contributed by atoms with Crippen LogP contribution in [0.4, 0.5) is 24.8 Å². The lowest BCUT2D eigenvalue weighted by molar-refractivity contribution is -0.141. The first-order valence-electron chi connectivity index (χ1n) is 6.09. The molecule has 2 rings (SSSR count). The van der Waals surface area contributed by atoms with Crippen LogP contribution in [-0.2, 0) is 6.18 Å². The van der Waals surface area contributed by atoms with Crippen LogP contribution in [0.15, 0.2) is 30.5 Å². The molecule has 0 aliphatic carbocycles. The summed E-state index contributed by atoms with van der Waals surface area (Å²) in [6.45, 7) is 0. The number of hydrogen-bond donors (Lipinski definition) is 4. The molecule has 1 aromatic heterocycles. The molecule has 1 heterocycles. The smallest absolute Gasteiger partial charge is 0.478 e. The molecular weight excluding hydrogens is 318 g/mol. The van der Waals surface area contributed by atoms with Gasteiger partial charge in [-0.2, -0.15) is 13.2 Å². The van der Waals surface area contributed by atoms with Crippen LogP contribution >= 0.6 is 0 Å². The molecule has 2 aromatic rings. The number of hydrogen-bond acceptors (Lipinski definition) is 6. The lowest BCUT2D eigenvalue weighted by atomic mass is 9.77. The number of rotatable bonds is 4. The van der Waals surface area contributed by atoms with Gasteiger partial charge in [0.1, 0.15) is 5.69 Å². The Morgan fingerprint density at radius 1 is 1.22 bits per heavy atom. The minimum absolute atomic E-state index is 0.0751. The summed E-state index contributed by atoms with van der Waals surface area (Å²) in [4.78, 5) is 18.0. The van der Waals surface area contributed by atoms with E-state index in [0.717, 1.165) is 18.3 Å². The Balaban J connectivity index is 2.34. The highest BCUT2D eigenvalue weighted by Crippen LogP contribution is 2.28. The van der Waals surface area contributed by atoms with Crippen LogP contribution in [0, 0.1) is 0 Å². The predicted octanol–water partition coefficient (Wildman–Crippen LogP) is 0.617. The van der Waals surface area contributed by atoms with Crippen molar-refractivity contribution in [3.63, 3.8) is 0 Å². The van der Waals surface area contributed by atoms with Crippen molar-refractivity contribution in [2.24, 2.45) is 0 Å². The average Bonchev–Trinajstić information content (AvgIpc) is 2.46. The Labute approximate surface area is 127 Å². The third kappa shape index (κ3) is 3.96. The average molecular weight is 327 g/mol. The maximum Gasteiger partial charge on any atom is 0.489 e. The molecule has 1 aromatic carbocycles. The van der Waals surface area contributed by atoms with Gasteiger partial charge in [0.2, 0.25) is 5.95 Å². The van der Waals surface area contributed by atoms with Gasteiger partial charge >= 0.3 is 19.3 Å². The highest BCUT2D eigenvalue weighted by Gasteiger charge is 2.32. The largest absolute Gasteiger partial charge is 0.489 e. The molecule has 0 saturated heterocycles. The quantitative estimate of drug-likeness (QED) is 0.608. The molecule has 0 saturated carbocycles. The highest BCUT2D eigenvalue weighted by atomic mass is 19.4. The van der Waals surface area contributed by atoms with Gasteiger partial charge in [-0.15, -0.1) is 0 Å². The molecule has 0 atom stereocenters. The van der Waals surface area contributed by atoms with Gasteiger partial charge in [-0.1, -0.05) is 6.07 Å². The van der Waals surface area contributed by atoms with Crippen LogP contribution in [0.2, 0.25) is 0 Å². The molecule has 4 N–H and O–H groups in total. The molecule has 0 bridgehead atoms. The molecule has 0 radical (unpaired) electrons. The number of aromatic nitrogens is 2. The number of anilines is 2. The highest BCUT2D eigenvalue weighted by molar-refractivity contribution is 6.60. The van der Waals surface area contributed by atoms with E-state index < -0.39 is 30.5 Å². The number of alkyl halides is 3. The second-order valence-corrected chi connectivity index (χ2v) is 4.37. The van der Waals surface area contributed by atoms with E-state index in [0.29, 0.717) is 6.07 Å². The molecular formula is C12H9BF3N3O4. The van der Waals surface area contributed by atoms with Crippen LogP contribution in [-0.4, -0.2) is 38.2 Å². The second kappa shape index (κ2) is 6.22. The molecule has 23 heavy (non-hydrogen) atoms. The van der Waals surface area contributed by atoms with Crippen LogP contribution in [0.25, 0.3) is 0 Å². The summed E-state index contributed by atoms with van der Waals surface area (Å²) in [5.74, 6) is -1.81. The van der Waals surface area contributed by atoms with Gasteiger partial charge in [-0.3, -0.25) is 0 Å². The summed E-state index contributed by atoms with van der Waals surface area (Å²) in [6, 6.07) is 4.09. The van der Waals surface area contributed by atoms with Crippen molar-refractivity contribution in [3.05, 3.63) is 41.7 Å². The fourth-order valence-electron chi connectivity index (χ4n) is 1.75. The van der Waals surface area contributed by atoms with Crippen LogP contribution < -0.4 is 10.8 Å². The molecule has 0 spiro atoms. The fourth-order valence-corrected chi connectivity index (χ4v) is 1.75. The van der Waals surface area contributed by atoms with Crippen molar-refractivity contribution in [1.29, 1.82) is 0 Å². The summed E-state index contributed by atoms with van der Waals surface area (Å²) in [5, 5.41) is 29.6. The minimum atomic E-state index is -4.64. The first-order chi connectivity index (χ1) is 10.7. The van der Waals surface area contributed by atoms with E-state index in [9.17, 15) is 18.0 Å². The van der Waals surface area contributed by atoms with Gasteiger partial charge in [0.05, 0.1) is 5.56 Å². The Morgan fingerprint density at radius 2 is 1.91 bits per heavy atom. The van der Waals surface area contributed by atoms with E-state index >= 15 is 0 Å². The third-order valence-corrected chi connectivity index (χ3v) is 2.76. The van der Waals surface area contributed by atoms with E-state index in [1.165, 1.54) is 6.07 Å². The van der Waals surface area contributed by atoms with Crippen molar-refractivity contribution in [1.82, 2.24) is 9.97 Å². The van der Waals surface area contributed by atoms with E-state index in [4.69, 9.17) is 15.2 Å². The zero-order chi connectivity index (χ0) is 17.2. The predicted molar refractivity (Wildman–Crippen MR) is 73.5 cm³/mol. The number of carboxylic acid groups (broad SMARTS) is 1. The first-order valence-corrected chi connectivity index (χ1v) is 6.09. The lowest BCUT2D eigenvalue weighted by Gasteiger charge is -2.11. The third-order valence-electron chi connectivity index (χ3n) is 2.76. The zero-order valence-corrected chi connectivity index (χ0v) is 11.2. The van der Waals surface area contributed by atoms with Gasteiger partial charge in [-0.25, -0.2) is 14.8 Å². The van der Waals surface area contributed by atoms with Crippen LogP contribution in [0.5, 0.6) is 0 Å². The van der Waals surface area contributed by atoms with Crippen molar-refractivity contribution < 1.29 is 33.1 Å². The molecule has 0 unspecified atom stereocenters. The van der Waals surface area contributed by atoms with Gasteiger partial charge in [0, 0.05) is 11.9 Å². The molecule has 0 aliphatic heterocycles. The van der Waals surface area contributed by atoms with Crippen molar-refractivity contribution >= 4 is 30.2 Å². The van der Waals surface area contributed by atoms with Gasteiger partial charge < -0.3 is 20.5 Å². The fraction of sp³-hybridized carbons (Fsp3) is 0.0833. The molecule has 0 aliphatic rings. The van der Waals surface area contributed by atoms with Crippen molar-refractivity contribution in [2.75, 3.05) is 5.32 Å². The van der Waals surface area contributed by atoms with E-state index in [-0.39, 0.29) is 17.1 Å². The van der Waals surface area contributed by atoms with E-state index in [1.807, 2.05) is 0 Å². The van der Waals surface area contributed by atoms with E-state index in [2.05, 4.69) is 15.3 Å². The monoisotopic (exact) mass is 327 g/mol. The van der Waals surface area contributed by atoms with Gasteiger partial charge in [0.15, 0.2) is 0 Å². The number of carbonyl (C=O) groups is 1. The van der Waals surface area contributed by atoms with Gasteiger partial charge in [0.25, 0.3) is 0 Å². The Hall–Kier alpha value is -2.66. The van der Waals surface area contributed by atoms with Crippen molar-refractivity contribution in [3.8, 4) is 0 Å². The molecule has 11 heteroatoms. The molecule has 0 amide bonds. The standard InChI is InChI=1S/C12H9BF3N3O4/c14-12(15,16)9-3-4-17-11(19-9)18-6-1-2-8(13(22)23)7(5-6)10(20)21/h1-5,22-23H,(H,20,21)(H,17,18,19). The summed E-state index contributed by atoms with van der Waals surface area (Å²) >= 11 is 0. The Bertz CT molecular complexity index is 740. The number of halogens is 3. The molecule has 7 nitrogen and oxygen atoms in total. The molecule has 0 fully saturated rings. The Kier molecular flexibility index (Phi) is 4.52. The number of nitrogens with zero attached hydrogens (tertiary/aromatic N) is 2. The summed E-state index contributed by atoms with van der Waals surface area (Å²) in [6.07, 6.45) is -3.74. The number of benzene rings is 1. The second-order valence-electron chi connectivity index (χ2n) is 4.37. The Morgan fingerprint density at radius 3 is 2.48 bits per heavy atom. The first kappa shape index (κ1) is 16.7. The van der Waals surface area contributed by atoms with Crippen LogP contribution in [0.3, 0.4) is 0 Å². The lowest BCUT2D eigenvalue weighted by Crippen LogP contribution is -2.34. The minimum Gasteiger partial charge on any atom is -0.478 e.